The van der Waals surface area contributed by atoms with E-state index in [4.69, 9.17) is 0 Å². The van der Waals surface area contributed by atoms with E-state index in [0.29, 0.717) is 17.1 Å². The molecule has 0 radical (unpaired) electrons. The van der Waals surface area contributed by atoms with E-state index in [1.54, 1.807) is 39.7 Å². The maximum absolute atomic E-state index is 11.5. The van der Waals surface area contributed by atoms with Crippen LogP contribution in [0.2, 0.25) is 0 Å². The normalized spacial score (nSPS) is 10.9. The molecule has 51 heavy (non-hydrogen) atoms. The second-order valence-corrected chi connectivity index (χ2v) is 11.6. The average molecular weight is 676 g/mol. The third-order valence-electron chi connectivity index (χ3n) is 8.55. The average Bonchev–Trinajstić information content (AvgIpc) is 3.87. The molecule has 6 heterocycles. The zero-order valence-corrected chi connectivity index (χ0v) is 28.0. The molecule has 12 nitrogen and oxygen atoms in total. The van der Waals surface area contributed by atoms with Gasteiger partial charge in [0.25, 0.3) is 17.7 Å². The minimum absolute atomic E-state index is 0.169. The van der Waals surface area contributed by atoms with Gasteiger partial charge in [-0.05, 0) is 36.4 Å². The monoisotopic (exact) mass is 675 g/mol. The molecule has 6 aromatic heterocycles. The van der Waals surface area contributed by atoms with Crippen LogP contribution in [0.5, 0.6) is 0 Å². The van der Waals surface area contributed by atoms with Gasteiger partial charge in [-0.1, -0.05) is 54.6 Å². The van der Waals surface area contributed by atoms with Crippen molar-refractivity contribution in [2.24, 2.45) is 0 Å². The molecule has 9 aromatic rings. The van der Waals surface area contributed by atoms with Crippen molar-refractivity contribution in [2.75, 3.05) is 21.1 Å². The second-order valence-electron chi connectivity index (χ2n) is 11.6. The molecule has 252 valence electrons. The highest BCUT2D eigenvalue weighted by molar-refractivity contribution is 6.11. The number of carbonyl (C=O) groups is 3. The molecule has 0 aliphatic rings. The van der Waals surface area contributed by atoms with Crippen molar-refractivity contribution in [2.45, 2.75) is 0 Å². The highest BCUT2D eigenvalue weighted by Gasteiger charge is 2.12. The number of aromatic nitrogens is 6. The van der Waals surface area contributed by atoms with Crippen molar-refractivity contribution in [3.63, 3.8) is 0 Å². The van der Waals surface area contributed by atoms with Crippen molar-refractivity contribution >= 4 is 83.1 Å². The van der Waals surface area contributed by atoms with Crippen LogP contribution in [0.4, 0.5) is 0 Å². The third-order valence-corrected chi connectivity index (χ3v) is 8.55. The van der Waals surface area contributed by atoms with E-state index in [9.17, 15) is 14.4 Å². The number of H-pyrrole nitrogens is 3. The Morgan fingerprint density at radius 1 is 0.412 bits per heavy atom. The molecule has 0 saturated carbocycles. The Morgan fingerprint density at radius 2 is 0.686 bits per heavy atom. The predicted molar refractivity (Wildman–Crippen MR) is 201 cm³/mol. The number of para-hydroxylation sites is 3. The fourth-order valence-electron chi connectivity index (χ4n) is 6.01. The lowest BCUT2D eigenvalue weighted by Crippen LogP contribution is -2.18. The van der Waals surface area contributed by atoms with E-state index >= 15 is 0 Å². The smallest absolute Gasteiger partial charge is 0.269 e. The fraction of sp³-hybridized carbons (Fsp3) is 0.0769. The summed E-state index contributed by atoms with van der Waals surface area (Å²) in [6.07, 6.45) is 5.08. The fourth-order valence-corrected chi connectivity index (χ4v) is 6.01. The number of carbonyl (C=O) groups excluding carboxylic acids is 3. The van der Waals surface area contributed by atoms with Crippen LogP contribution in [0, 0.1) is 0 Å². The topological polar surface area (TPSA) is 173 Å². The van der Waals surface area contributed by atoms with Crippen LogP contribution in [0.15, 0.2) is 110 Å². The van der Waals surface area contributed by atoms with Gasteiger partial charge in [-0.15, -0.1) is 0 Å². The molecule has 3 amide bonds. The first kappa shape index (κ1) is 32.5. The van der Waals surface area contributed by atoms with E-state index in [2.05, 4.69) is 45.9 Å². The van der Waals surface area contributed by atoms with Crippen LogP contribution in [-0.4, -0.2) is 68.8 Å². The number of hydrogen-bond acceptors (Lipinski definition) is 6. The van der Waals surface area contributed by atoms with Crippen LogP contribution >= 0.6 is 0 Å². The van der Waals surface area contributed by atoms with Crippen LogP contribution in [-0.2, 0) is 0 Å². The summed E-state index contributed by atoms with van der Waals surface area (Å²) in [6.45, 7) is 0. The number of amides is 3. The number of rotatable bonds is 3. The Bertz CT molecular complexity index is 2440. The van der Waals surface area contributed by atoms with Crippen LogP contribution in [0.1, 0.15) is 31.5 Å². The maximum Gasteiger partial charge on any atom is 0.269 e. The Labute approximate surface area is 290 Å². The lowest BCUT2D eigenvalue weighted by Gasteiger charge is -1.98. The zero-order valence-electron chi connectivity index (χ0n) is 28.0. The summed E-state index contributed by atoms with van der Waals surface area (Å²) in [5.41, 5.74) is 7.30. The number of benzene rings is 3. The minimum atomic E-state index is -0.169. The van der Waals surface area contributed by atoms with Crippen LogP contribution in [0.3, 0.4) is 0 Å². The first-order valence-electron chi connectivity index (χ1n) is 16.1. The van der Waals surface area contributed by atoms with Crippen molar-refractivity contribution in [3.05, 3.63) is 127 Å². The SMILES string of the molecule is CNC(=O)c1cc2c(cn1)[nH]c1ccccc12.CNC(=O)c1cc2c(cn1)[nH]c1ccccc12.CNC(=O)c1cc2c(cn1)[nH]c1ccccc12. The number of hydrogen-bond donors (Lipinski definition) is 6. The van der Waals surface area contributed by atoms with E-state index in [0.717, 1.165) is 65.4 Å². The van der Waals surface area contributed by atoms with Gasteiger partial charge in [0.15, 0.2) is 0 Å². The van der Waals surface area contributed by atoms with Gasteiger partial charge in [-0.3, -0.25) is 14.4 Å². The molecular formula is C39H33N9O3. The van der Waals surface area contributed by atoms with Gasteiger partial charge in [0.05, 0.1) is 35.1 Å². The Kier molecular flexibility index (Phi) is 8.79. The van der Waals surface area contributed by atoms with E-state index in [-0.39, 0.29) is 17.7 Å². The summed E-state index contributed by atoms with van der Waals surface area (Å²) in [7, 11) is 4.80. The number of nitrogens with one attached hydrogen (secondary N) is 6. The summed E-state index contributed by atoms with van der Waals surface area (Å²) in [6, 6.07) is 29.4. The molecule has 0 saturated heterocycles. The molecule has 12 heteroatoms. The minimum Gasteiger partial charge on any atom is -0.354 e. The number of aromatic amines is 3. The standard InChI is InChI=1S/3C13H11N3O/c3*1-14-13(17)11-6-9-8-4-2-3-5-10(8)16-12(9)7-15-11/h3*2-7,16H,1H3,(H,14,17). The Morgan fingerprint density at radius 3 is 0.961 bits per heavy atom. The molecule has 0 fully saturated rings. The van der Waals surface area contributed by atoms with Crippen LogP contribution < -0.4 is 16.0 Å². The lowest BCUT2D eigenvalue weighted by molar-refractivity contribution is 0.0950. The van der Waals surface area contributed by atoms with Gasteiger partial charge in [-0.2, -0.15) is 0 Å². The van der Waals surface area contributed by atoms with E-state index in [1.807, 2.05) is 91.0 Å². The summed E-state index contributed by atoms with van der Waals surface area (Å²) in [5, 5.41) is 14.1. The molecule has 0 unspecified atom stereocenters. The quantitative estimate of drug-likeness (QED) is 0.130. The van der Waals surface area contributed by atoms with Gasteiger partial charge in [0.2, 0.25) is 0 Å². The maximum atomic E-state index is 11.5. The van der Waals surface area contributed by atoms with E-state index < -0.39 is 0 Å². The Hall–Kier alpha value is -7.08. The second kappa shape index (κ2) is 13.8. The number of pyridine rings is 3. The Balaban J connectivity index is 0.000000119. The highest BCUT2D eigenvalue weighted by atomic mass is 16.2. The summed E-state index contributed by atoms with van der Waals surface area (Å²) < 4.78 is 0. The zero-order chi connectivity index (χ0) is 35.5. The number of nitrogens with zero attached hydrogens (tertiary/aromatic N) is 3. The molecule has 3 aromatic carbocycles. The highest BCUT2D eigenvalue weighted by Crippen LogP contribution is 2.27. The van der Waals surface area contributed by atoms with Crippen LogP contribution in [0.25, 0.3) is 65.4 Å². The third kappa shape index (κ3) is 6.29. The molecule has 0 atom stereocenters. The largest absolute Gasteiger partial charge is 0.354 e. The molecule has 6 N–H and O–H groups in total. The predicted octanol–water partition coefficient (Wildman–Crippen LogP) is 6.23. The molecule has 0 spiro atoms. The summed E-state index contributed by atoms with van der Waals surface area (Å²) in [4.78, 5) is 56.8. The van der Waals surface area contributed by atoms with Crippen molar-refractivity contribution in [1.29, 1.82) is 0 Å². The van der Waals surface area contributed by atoms with Crippen molar-refractivity contribution in [1.82, 2.24) is 45.9 Å². The summed E-state index contributed by atoms with van der Waals surface area (Å²) in [5.74, 6) is -0.508. The number of fused-ring (bicyclic) bond motifs is 9. The molecular weight excluding hydrogens is 642 g/mol. The molecule has 0 aliphatic heterocycles. The van der Waals surface area contributed by atoms with Gasteiger partial charge in [-0.25, -0.2) is 15.0 Å². The van der Waals surface area contributed by atoms with Gasteiger partial charge in [0, 0.05) is 70.0 Å². The first-order chi connectivity index (χ1) is 24.9. The first-order valence-corrected chi connectivity index (χ1v) is 16.1. The molecule has 0 aliphatic carbocycles. The summed E-state index contributed by atoms with van der Waals surface area (Å²) >= 11 is 0. The van der Waals surface area contributed by atoms with Gasteiger partial charge in [0.1, 0.15) is 17.1 Å². The lowest BCUT2D eigenvalue weighted by atomic mass is 10.1. The molecule has 9 rings (SSSR count). The van der Waals surface area contributed by atoms with Gasteiger partial charge >= 0.3 is 0 Å². The van der Waals surface area contributed by atoms with Crippen molar-refractivity contribution in [3.8, 4) is 0 Å². The van der Waals surface area contributed by atoms with Gasteiger partial charge < -0.3 is 30.9 Å². The van der Waals surface area contributed by atoms with Crippen molar-refractivity contribution < 1.29 is 14.4 Å². The molecule has 0 bridgehead atoms. The van der Waals surface area contributed by atoms with E-state index in [1.165, 1.54) is 0 Å².